The molecule has 1 aliphatic rings. The molecule has 2 N–H and O–H groups in total. The molecular weight excluding hydrogens is 396 g/mol. The standard InChI is InChI=1S/C24H48N2O3S/c1-3-4-5-6-7-8-9-10-11-12-13-14-15-16-17-18-20-25-23(27)26-24(2)19-21-30(28,29)22-24/h3-22H2,1-2H3,(H2,25,26,27). The largest absolute Gasteiger partial charge is 0.338 e. The molecule has 6 heteroatoms. The minimum atomic E-state index is -2.99. The second kappa shape index (κ2) is 15.9. The monoisotopic (exact) mass is 444 g/mol. The highest BCUT2D eigenvalue weighted by atomic mass is 32.2. The van der Waals surface area contributed by atoms with E-state index in [-0.39, 0.29) is 17.5 Å². The number of carbonyl (C=O) groups excluding carboxylic acids is 1. The average Bonchev–Trinajstić information content (AvgIpc) is 2.96. The van der Waals surface area contributed by atoms with E-state index >= 15 is 0 Å². The van der Waals surface area contributed by atoms with Crippen LogP contribution in [-0.2, 0) is 9.84 Å². The van der Waals surface area contributed by atoms with Crippen molar-refractivity contribution in [2.45, 2.75) is 129 Å². The van der Waals surface area contributed by atoms with Crippen molar-refractivity contribution in [1.82, 2.24) is 10.6 Å². The SMILES string of the molecule is CCCCCCCCCCCCCCCCCCNC(=O)NC1(C)CCS(=O)(=O)C1. The number of rotatable bonds is 18. The van der Waals surface area contributed by atoms with Gasteiger partial charge in [0.05, 0.1) is 17.0 Å². The highest BCUT2D eigenvalue weighted by Gasteiger charge is 2.39. The Bertz CT molecular complexity index is 551. The van der Waals surface area contributed by atoms with Crippen molar-refractivity contribution in [1.29, 1.82) is 0 Å². The van der Waals surface area contributed by atoms with Crippen LogP contribution in [0.3, 0.4) is 0 Å². The van der Waals surface area contributed by atoms with Crippen LogP contribution < -0.4 is 10.6 Å². The molecule has 1 fully saturated rings. The van der Waals surface area contributed by atoms with Gasteiger partial charge in [-0.2, -0.15) is 0 Å². The van der Waals surface area contributed by atoms with Crippen molar-refractivity contribution >= 4 is 15.9 Å². The zero-order valence-electron chi connectivity index (χ0n) is 19.8. The molecule has 0 bridgehead atoms. The Kier molecular flexibility index (Phi) is 14.5. The molecule has 1 atom stereocenters. The van der Waals surface area contributed by atoms with Gasteiger partial charge in [-0.25, -0.2) is 13.2 Å². The lowest BCUT2D eigenvalue weighted by Crippen LogP contribution is -2.51. The summed E-state index contributed by atoms with van der Waals surface area (Å²) in [6, 6.07) is -0.240. The van der Waals surface area contributed by atoms with E-state index < -0.39 is 15.4 Å². The maximum Gasteiger partial charge on any atom is 0.315 e. The first-order chi connectivity index (χ1) is 14.4. The lowest BCUT2D eigenvalue weighted by atomic mass is 10.0. The number of urea groups is 1. The molecule has 1 unspecified atom stereocenters. The van der Waals surface area contributed by atoms with Gasteiger partial charge in [0.15, 0.2) is 9.84 Å². The minimum absolute atomic E-state index is 0.0481. The molecule has 0 saturated carbocycles. The van der Waals surface area contributed by atoms with E-state index in [2.05, 4.69) is 17.6 Å². The summed E-state index contributed by atoms with van der Waals surface area (Å²) in [5, 5.41) is 5.70. The van der Waals surface area contributed by atoms with Crippen LogP contribution in [-0.4, -0.2) is 38.0 Å². The van der Waals surface area contributed by atoms with Crippen LogP contribution in [0.25, 0.3) is 0 Å². The average molecular weight is 445 g/mol. The highest BCUT2D eigenvalue weighted by molar-refractivity contribution is 7.91. The maximum absolute atomic E-state index is 12.0. The molecule has 0 aromatic carbocycles. The number of sulfone groups is 1. The lowest BCUT2D eigenvalue weighted by molar-refractivity contribution is 0.230. The van der Waals surface area contributed by atoms with Gasteiger partial charge in [0.1, 0.15) is 0 Å². The van der Waals surface area contributed by atoms with Crippen molar-refractivity contribution in [2.24, 2.45) is 0 Å². The van der Waals surface area contributed by atoms with E-state index in [0.717, 1.165) is 12.8 Å². The zero-order chi connectivity index (χ0) is 22.1. The molecule has 178 valence electrons. The summed E-state index contributed by atoms with van der Waals surface area (Å²) in [4.78, 5) is 12.0. The van der Waals surface area contributed by atoms with Gasteiger partial charge < -0.3 is 10.6 Å². The van der Waals surface area contributed by atoms with Crippen LogP contribution in [0.1, 0.15) is 123 Å². The molecular formula is C24H48N2O3S. The van der Waals surface area contributed by atoms with Crippen LogP contribution in [0.2, 0.25) is 0 Å². The zero-order valence-corrected chi connectivity index (χ0v) is 20.6. The van der Waals surface area contributed by atoms with Crippen molar-refractivity contribution < 1.29 is 13.2 Å². The molecule has 5 nitrogen and oxygen atoms in total. The fourth-order valence-corrected chi connectivity index (χ4v) is 6.40. The van der Waals surface area contributed by atoms with E-state index in [1.165, 1.54) is 89.9 Å². The maximum atomic E-state index is 12.0. The predicted molar refractivity (Wildman–Crippen MR) is 128 cm³/mol. The smallest absolute Gasteiger partial charge is 0.315 e. The Hall–Kier alpha value is -0.780. The molecule has 0 aromatic rings. The molecule has 1 saturated heterocycles. The van der Waals surface area contributed by atoms with Gasteiger partial charge in [-0.05, 0) is 19.8 Å². The van der Waals surface area contributed by atoms with Crippen LogP contribution in [0.4, 0.5) is 4.79 Å². The topological polar surface area (TPSA) is 75.3 Å². The van der Waals surface area contributed by atoms with Gasteiger partial charge in [-0.15, -0.1) is 0 Å². The van der Waals surface area contributed by atoms with Crippen LogP contribution >= 0.6 is 0 Å². The third-order valence-electron chi connectivity index (χ3n) is 6.23. The van der Waals surface area contributed by atoms with Crippen molar-refractivity contribution in [2.75, 3.05) is 18.1 Å². The first kappa shape index (κ1) is 27.3. The van der Waals surface area contributed by atoms with E-state index in [1.807, 2.05) is 6.92 Å². The third kappa shape index (κ3) is 14.3. The second-order valence-corrected chi connectivity index (χ2v) is 11.8. The normalized spacial score (nSPS) is 20.3. The summed E-state index contributed by atoms with van der Waals surface area (Å²) >= 11 is 0. The predicted octanol–water partition coefficient (Wildman–Crippen LogP) is 6.12. The van der Waals surface area contributed by atoms with Crippen LogP contribution in [0.15, 0.2) is 0 Å². The van der Waals surface area contributed by atoms with Gasteiger partial charge in [0.25, 0.3) is 0 Å². The van der Waals surface area contributed by atoms with Crippen molar-refractivity contribution in [3.63, 3.8) is 0 Å². The summed E-state index contributed by atoms with van der Waals surface area (Å²) in [5.74, 6) is 0.218. The second-order valence-electron chi connectivity index (χ2n) is 9.59. The van der Waals surface area contributed by atoms with Gasteiger partial charge in [0, 0.05) is 6.54 Å². The summed E-state index contributed by atoms with van der Waals surface area (Å²) < 4.78 is 23.2. The fourth-order valence-electron chi connectivity index (χ4n) is 4.30. The summed E-state index contributed by atoms with van der Waals surface area (Å²) in [7, 11) is -2.99. The van der Waals surface area contributed by atoms with Crippen molar-refractivity contribution in [3.05, 3.63) is 0 Å². The Labute approximate surface area is 186 Å². The Morgan fingerprint density at radius 3 is 1.60 bits per heavy atom. The molecule has 1 aliphatic heterocycles. The molecule has 2 amide bonds. The van der Waals surface area contributed by atoms with Gasteiger partial charge in [-0.1, -0.05) is 103 Å². The molecule has 1 heterocycles. The number of amides is 2. The quantitative estimate of drug-likeness (QED) is 0.250. The molecule has 0 spiro atoms. The minimum Gasteiger partial charge on any atom is -0.338 e. The lowest BCUT2D eigenvalue weighted by Gasteiger charge is -2.24. The molecule has 30 heavy (non-hydrogen) atoms. The van der Waals surface area contributed by atoms with Crippen LogP contribution in [0, 0.1) is 0 Å². The van der Waals surface area contributed by atoms with E-state index in [9.17, 15) is 13.2 Å². The first-order valence-corrected chi connectivity index (χ1v) is 14.5. The summed E-state index contributed by atoms with van der Waals surface area (Å²) in [6.45, 7) is 4.74. The Morgan fingerprint density at radius 2 is 1.20 bits per heavy atom. The molecule has 0 aromatic heterocycles. The fraction of sp³-hybridized carbons (Fsp3) is 0.958. The number of hydrogen-bond donors (Lipinski definition) is 2. The number of hydrogen-bond acceptors (Lipinski definition) is 3. The van der Waals surface area contributed by atoms with Gasteiger partial charge in [-0.3, -0.25) is 0 Å². The summed E-state index contributed by atoms with van der Waals surface area (Å²) in [6.07, 6.45) is 21.9. The van der Waals surface area contributed by atoms with E-state index in [4.69, 9.17) is 0 Å². The molecule has 0 aliphatic carbocycles. The first-order valence-electron chi connectivity index (χ1n) is 12.6. The van der Waals surface area contributed by atoms with Crippen LogP contribution in [0.5, 0.6) is 0 Å². The van der Waals surface area contributed by atoms with Gasteiger partial charge in [0.2, 0.25) is 0 Å². The molecule has 0 radical (unpaired) electrons. The Morgan fingerprint density at radius 1 is 0.767 bits per heavy atom. The van der Waals surface area contributed by atoms with Gasteiger partial charge >= 0.3 is 6.03 Å². The number of nitrogens with one attached hydrogen (secondary N) is 2. The highest BCUT2D eigenvalue weighted by Crippen LogP contribution is 2.22. The van der Waals surface area contributed by atoms with E-state index in [1.54, 1.807) is 0 Å². The number of unbranched alkanes of at least 4 members (excludes halogenated alkanes) is 15. The third-order valence-corrected chi connectivity index (χ3v) is 8.14. The van der Waals surface area contributed by atoms with Crippen molar-refractivity contribution in [3.8, 4) is 0 Å². The molecule has 1 rings (SSSR count). The summed E-state index contributed by atoms with van der Waals surface area (Å²) in [5.41, 5.74) is -0.614. The Balaban J connectivity index is 1.81. The number of carbonyl (C=O) groups is 1. The van der Waals surface area contributed by atoms with E-state index in [0.29, 0.717) is 13.0 Å².